The number of benzene rings is 1. The van der Waals surface area contributed by atoms with Crippen LogP contribution in [-0.2, 0) is 38.3 Å². The van der Waals surface area contributed by atoms with Crippen molar-refractivity contribution in [3.05, 3.63) is 35.1 Å². The van der Waals surface area contributed by atoms with Crippen LogP contribution in [0, 0.1) is 0 Å². The van der Waals surface area contributed by atoms with Crippen LogP contribution in [0.25, 0.3) is 11.0 Å². The molecule has 1 aromatic heterocycles. The van der Waals surface area contributed by atoms with Gasteiger partial charge < -0.3 is 19.2 Å². The summed E-state index contributed by atoms with van der Waals surface area (Å²) in [7, 11) is 0. The van der Waals surface area contributed by atoms with E-state index in [2.05, 4.69) is 17.4 Å². The van der Waals surface area contributed by atoms with E-state index in [1.54, 1.807) is 6.26 Å². The van der Waals surface area contributed by atoms with Gasteiger partial charge in [-0.2, -0.15) is 0 Å². The van der Waals surface area contributed by atoms with Gasteiger partial charge in [-0.15, -0.1) is 0 Å². The zero-order chi connectivity index (χ0) is 17.9. The second-order valence-electron chi connectivity index (χ2n) is 7.01. The molecule has 6 nitrogen and oxygen atoms in total. The topological polar surface area (TPSA) is 77.8 Å². The van der Waals surface area contributed by atoms with Gasteiger partial charge >= 0.3 is 5.97 Å². The van der Waals surface area contributed by atoms with Gasteiger partial charge in [0.25, 0.3) is 5.91 Å². The Labute approximate surface area is 151 Å². The number of rotatable bonds is 6. The van der Waals surface area contributed by atoms with Crippen molar-refractivity contribution in [3.63, 3.8) is 0 Å². The lowest BCUT2D eigenvalue weighted by atomic mass is 10.0. The molecule has 6 heteroatoms. The first-order chi connectivity index (χ1) is 12.7. The third-order valence-electron chi connectivity index (χ3n) is 5.12. The molecule has 2 heterocycles. The highest BCUT2D eigenvalue weighted by Crippen LogP contribution is 2.30. The zero-order valence-corrected chi connectivity index (χ0v) is 14.7. The van der Waals surface area contributed by atoms with E-state index < -0.39 is 5.97 Å². The summed E-state index contributed by atoms with van der Waals surface area (Å²) in [6.45, 7) is 0.946. The molecule has 0 saturated carbocycles. The van der Waals surface area contributed by atoms with E-state index in [0.29, 0.717) is 6.54 Å². The normalized spacial score (nSPS) is 18.8. The number of aryl methyl sites for hydroxylation is 2. The predicted molar refractivity (Wildman–Crippen MR) is 94.9 cm³/mol. The van der Waals surface area contributed by atoms with E-state index in [4.69, 9.17) is 13.9 Å². The predicted octanol–water partition coefficient (Wildman–Crippen LogP) is 2.30. The highest BCUT2D eigenvalue weighted by Gasteiger charge is 2.19. The van der Waals surface area contributed by atoms with Crippen LogP contribution in [0.5, 0.6) is 0 Å². The summed E-state index contributed by atoms with van der Waals surface area (Å²) in [5, 5.41) is 3.70. The van der Waals surface area contributed by atoms with Crippen LogP contribution in [0.1, 0.15) is 36.0 Å². The monoisotopic (exact) mass is 357 g/mol. The molecule has 0 bridgehead atoms. The van der Waals surface area contributed by atoms with E-state index in [9.17, 15) is 9.59 Å². The van der Waals surface area contributed by atoms with Crippen molar-refractivity contribution in [2.24, 2.45) is 0 Å². The minimum absolute atomic E-state index is 0.0775. The number of fused-ring (bicyclic) bond motifs is 2. The van der Waals surface area contributed by atoms with Crippen LogP contribution < -0.4 is 5.32 Å². The molecule has 1 saturated heterocycles. The first kappa shape index (κ1) is 17.1. The van der Waals surface area contributed by atoms with Crippen molar-refractivity contribution in [1.82, 2.24) is 5.32 Å². The minimum Gasteiger partial charge on any atom is -0.464 e. The maximum Gasteiger partial charge on any atom is 0.310 e. The van der Waals surface area contributed by atoms with Gasteiger partial charge in [-0.25, -0.2) is 0 Å². The fourth-order valence-electron chi connectivity index (χ4n) is 3.72. The number of hydrogen-bond donors (Lipinski definition) is 1. The molecule has 26 heavy (non-hydrogen) atoms. The lowest BCUT2D eigenvalue weighted by molar-refractivity contribution is -0.148. The summed E-state index contributed by atoms with van der Waals surface area (Å²) >= 11 is 0. The fraction of sp³-hybridized carbons (Fsp3) is 0.500. The van der Waals surface area contributed by atoms with Crippen LogP contribution in [0.15, 0.2) is 22.8 Å². The second kappa shape index (κ2) is 7.50. The first-order valence-corrected chi connectivity index (χ1v) is 9.25. The Bertz CT molecular complexity index is 819. The summed E-state index contributed by atoms with van der Waals surface area (Å²) in [5.41, 5.74) is 4.29. The van der Waals surface area contributed by atoms with Gasteiger partial charge in [-0.1, -0.05) is 0 Å². The van der Waals surface area contributed by atoms with Gasteiger partial charge in [0, 0.05) is 24.1 Å². The highest BCUT2D eigenvalue weighted by atomic mass is 16.5. The largest absolute Gasteiger partial charge is 0.464 e. The van der Waals surface area contributed by atoms with Gasteiger partial charge in [-0.3, -0.25) is 9.59 Å². The van der Waals surface area contributed by atoms with Crippen molar-refractivity contribution in [2.45, 2.75) is 44.6 Å². The molecule has 2 aliphatic rings. The molecule has 1 atom stereocenters. The molecular formula is C20H23NO5. The van der Waals surface area contributed by atoms with Crippen LogP contribution in [0.3, 0.4) is 0 Å². The van der Waals surface area contributed by atoms with Crippen LogP contribution in [0.2, 0.25) is 0 Å². The quantitative estimate of drug-likeness (QED) is 0.803. The molecule has 0 radical (unpaired) electrons. The van der Waals surface area contributed by atoms with Gasteiger partial charge in [0.2, 0.25) is 0 Å². The molecule has 4 rings (SSSR count). The lowest BCUT2D eigenvalue weighted by Gasteiger charge is -2.10. The number of carbonyl (C=O) groups excluding carboxylic acids is 2. The van der Waals surface area contributed by atoms with Gasteiger partial charge in [0.15, 0.2) is 6.61 Å². The summed E-state index contributed by atoms with van der Waals surface area (Å²) in [6, 6.07) is 4.20. The highest BCUT2D eigenvalue weighted by molar-refractivity contribution is 5.88. The first-order valence-electron chi connectivity index (χ1n) is 9.25. The Balaban J connectivity index is 1.29. The smallest absolute Gasteiger partial charge is 0.310 e. The van der Waals surface area contributed by atoms with Crippen molar-refractivity contribution in [2.75, 3.05) is 19.8 Å². The average molecular weight is 357 g/mol. The number of esters is 1. The van der Waals surface area contributed by atoms with Gasteiger partial charge in [-0.05, 0) is 55.4 Å². The fourth-order valence-corrected chi connectivity index (χ4v) is 3.72. The van der Waals surface area contributed by atoms with Crippen LogP contribution in [0.4, 0.5) is 0 Å². The average Bonchev–Trinajstić information content (AvgIpc) is 3.37. The number of nitrogens with one attached hydrogen (secondary N) is 1. The Morgan fingerprint density at radius 3 is 2.85 bits per heavy atom. The maximum atomic E-state index is 12.1. The summed E-state index contributed by atoms with van der Waals surface area (Å²) in [6.07, 6.45) is 7.10. The van der Waals surface area contributed by atoms with E-state index >= 15 is 0 Å². The van der Waals surface area contributed by atoms with Crippen molar-refractivity contribution < 1.29 is 23.5 Å². The third kappa shape index (κ3) is 3.75. The summed E-state index contributed by atoms with van der Waals surface area (Å²) in [4.78, 5) is 23.9. The van der Waals surface area contributed by atoms with E-state index in [0.717, 1.165) is 48.8 Å². The maximum absolute atomic E-state index is 12.1. The second-order valence-corrected chi connectivity index (χ2v) is 7.01. The molecule has 1 aromatic carbocycles. The molecule has 0 spiro atoms. The number of amides is 1. The SMILES string of the molecule is O=C(COC(=O)Cc1coc2cc3c(cc12)CCC3)NC[C@@H]1CCCO1. The van der Waals surface area contributed by atoms with Gasteiger partial charge in [0.1, 0.15) is 5.58 Å². The molecule has 1 aliphatic carbocycles. The molecule has 138 valence electrons. The summed E-state index contributed by atoms with van der Waals surface area (Å²) < 4.78 is 16.1. The Morgan fingerprint density at radius 2 is 2.04 bits per heavy atom. The zero-order valence-electron chi connectivity index (χ0n) is 14.7. The van der Waals surface area contributed by atoms with Crippen molar-refractivity contribution >= 4 is 22.8 Å². The lowest BCUT2D eigenvalue weighted by Crippen LogP contribution is -2.35. The van der Waals surface area contributed by atoms with Crippen LogP contribution >= 0.6 is 0 Å². The Kier molecular flexibility index (Phi) is 4.93. The molecule has 1 amide bonds. The molecule has 1 N–H and O–H groups in total. The van der Waals surface area contributed by atoms with Crippen molar-refractivity contribution in [3.8, 4) is 0 Å². The molecule has 1 aliphatic heterocycles. The van der Waals surface area contributed by atoms with E-state index in [1.807, 2.05) is 0 Å². The van der Waals surface area contributed by atoms with Gasteiger partial charge in [0.05, 0.1) is 18.8 Å². The number of carbonyl (C=O) groups is 2. The molecule has 0 unspecified atom stereocenters. The molecule has 1 fully saturated rings. The molecular weight excluding hydrogens is 334 g/mol. The Morgan fingerprint density at radius 1 is 1.19 bits per heavy atom. The van der Waals surface area contributed by atoms with E-state index in [1.165, 1.54) is 17.5 Å². The molecule has 2 aromatic rings. The number of ether oxygens (including phenoxy) is 2. The van der Waals surface area contributed by atoms with E-state index in [-0.39, 0.29) is 25.0 Å². The standard InChI is InChI=1S/C20H23NO5/c22-19(21-10-16-5-2-6-24-16)12-26-20(23)9-15-11-25-18-8-14-4-1-3-13(14)7-17(15)18/h7-8,11,16H,1-6,9-10,12H2,(H,21,22)/t16-/m0/s1. The minimum atomic E-state index is -0.430. The Hall–Kier alpha value is -2.34. The number of hydrogen-bond acceptors (Lipinski definition) is 5. The summed E-state index contributed by atoms with van der Waals surface area (Å²) in [5.74, 6) is -0.732. The third-order valence-corrected chi connectivity index (χ3v) is 5.12. The van der Waals surface area contributed by atoms with Crippen molar-refractivity contribution in [1.29, 1.82) is 0 Å². The number of furan rings is 1. The van der Waals surface area contributed by atoms with Crippen LogP contribution in [-0.4, -0.2) is 37.7 Å².